The average Bonchev–Trinajstić information content (AvgIpc) is 2.58. The number of rotatable bonds is 3. The molecule has 2 rings (SSSR count). The molecule has 2 aromatic rings. The first-order valence-corrected chi connectivity index (χ1v) is 7.96. The maximum absolute atomic E-state index is 11.9. The van der Waals surface area contributed by atoms with Crippen molar-refractivity contribution in [2.24, 2.45) is 0 Å². The molecule has 1 aromatic carbocycles. The van der Waals surface area contributed by atoms with Gasteiger partial charge in [0.15, 0.2) is 0 Å². The van der Waals surface area contributed by atoms with Gasteiger partial charge in [0.1, 0.15) is 0 Å². The molecule has 6 heteroatoms. The zero-order chi connectivity index (χ0) is 17.5. The molecule has 0 atom stereocenters. The van der Waals surface area contributed by atoms with E-state index in [4.69, 9.17) is 0 Å². The number of benzene rings is 1. The lowest BCUT2D eigenvalue weighted by Crippen LogP contribution is -2.23. The Kier molecular flexibility index (Phi) is 6.10. The average molecular weight is 386 g/mol. The molecule has 24 heavy (non-hydrogen) atoms. The van der Waals surface area contributed by atoms with Gasteiger partial charge in [-0.3, -0.25) is 14.6 Å². The molecule has 0 bridgehead atoms. The molecule has 5 nitrogen and oxygen atoms in total. The van der Waals surface area contributed by atoms with Gasteiger partial charge in [-0.05, 0) is 46.3 Å². The van der Waals surface area contributed by atoms with Gasteiger partial charge >= 0.3 is 0 Å². The predicted molar refractivity (Wildman–Crippen MR) is 95.6 cm³/mol. The Morgan fingerprint density at radius 3 is 2.50 bits per heavy atom. The van der Waals surface area contributed by atoms with Gasteiger partial charge in [0.2, 0.25) is 0 Å². The van der Waals surface area contributed by atoms with E-state index < -0.39 is 0 Å². The van der Waals surface area contributed by atoms with Crippen LogP contribution in [0.15, 0.2) is 47.2 Å². The van der Waals surface area contributed by atoms with Crippen LogP contribution in [-0.2, 0) is 0 Å². The Morgan fingerprint density at radius 1 is 1.17 bits per heavy atom. The number of halogens is 1. The summed E-state index contributed by atoms with van der Waals surface area (Å²) < 4.78 is 0.744. The van der Waals surface area contributed by atoms with Crippen LogP contribution >= 0.6 is 15.9 Å². The predicted octanol–water partition coefficient (Wildman–Crippen LogP) is 2.33. The van der Waals surface area contributed by atoms with Gasteiger partial charge in [-0.1, -0.05) is 11.8 Å². The van der Waals surface area contributed by atoms with Crippen molar-refractivity contribution in [1.82, 2.24) is 15.2 Å². The summed E-state index contributed by atoms with van der Waals surface area (Å²) in [6, 6.07) is 8.72. The molecular weight excluding hydrogens is 370 g/mol. The quantitative estimate of drug-likeness (QED) is 0.824. The molecule has 0 aliphatic carbocycles. The van der Waals surface area contributed by atoms with Crippen LogP contribution < -0.4 is 5.32 Å². The third-order valence-corrected chi connectivity index (χ3v) is 3.51. The lowest BCUT2D eigenvalue weighted by atomic mass is 10.1. The van der Waals surface area contributed by atoms with Crippen LogP contribution in [0.2, 0.25) is 0 Å². The number of amides is 2. The molecule has 0 aliphatic heterocycles. The van der Waals surface area contributed by atoms with Crippen LogP contribution in [0, 0.1) is 11.8 Å². The molecular formula is C18H16BrN3O2. The molecule has 2 amide bonds. The number of nitrogens with one attached hydrogen (secondary N) is 1. The number of nitrogens with zero attached hydrogens (tertiary/aromatic N) is 2. The fourth-order valence-corrected chi connectivity index (χ4v) is 2.23. The molecule has 122 valence electrons. The second-order valence-electron chi connectivity index (χ2n) is 5.15. The van der Waals surface area contributed by atoms with E-state index in [-0.39, 0.29) is 18.4 Å². The fraction of sp³-hybridized carbons (Fsp3) is 0.167. The second kappa shape index (κ2) is 8.27. The lowest BCUT2D eigenvalue weighted by Gasteiger charge is -2.09. The largest absolute Gasteiger partial charge is 0.345 e. The lowest BCUT2D eigenvalue weighted by molar-refractivity contribution is 0.0827. The topological polar surface area (TPSA) is 62.3 Å². The zero-order valence-electron chi connectivity index (χ0n) is 13.3. The van der Waals surface area contributed by atoms with Crippen LogP contribution in [0.25, 0.3) is 0 Å². The molecule has 0 aliphatic rings. The summed E-state index contributed by atoms with van der Waals surface area (Å²) >= 11 is 3.27. The number of carbonyl (C=O) groups excluding carboxylic acids is 2. The monoisotopic (exact) mass is 385 g/mol. The number of hydrogen-bond acceptors (Lipinski definition) is 3. The minimum atomic E-state index is -0.231. The van der Waals surface area contributed by atoms with Gasteiger partial charge in [-0.2, -0.15) is 0 Å². The maximum atomic E-state index is 11.9. The van der Waals surface area contributed by atoms with Crippen LogP contribution in [0.1, 0.15) is 26.3 Å². The van der Waals surface area contributed by atoms with Gasteiger partial charge in [0.05, 0.1) is 12.1 Å². The molecule has 0 saturated carbocycles. The summed E-state index contributed by atoms with van der Waals surface area (Å²) in [4.78, 5) is 29.2. The molecule has 0 saturated heterocycles. The van der Waals surface area contributed by atoms with E-state index in [0.29, 0.717) is 11.1 Å². The second-order valence-corrected chi connectivity index (χ2v) is 6.07. The summed E-state index contributed by atoms with van der Waals surface area (Å²) in [5.41, 5.74) is 1.86. The smallest absolute Gasteiger partial charge is 0.253 e. The van der Waals surface area contributed by atoms with Crippen molar-refractivity contribution in [1.29, 1.82) is 0 Å². The summed E-state index contributed by atoms with van der Waals surface area (Å²) in [5.74, 6) is 5.54. The summed E-state index contributed by atoms with van der Waals surface area (Å²) in [5, 5.41) is 2.71. The highest BCUT2D eigenvalue weighted by atomic mass is 79.9. The third-order valence-electron chi connectivity index (χ3n) is 3.08. The van der Waals surface area contributed by atoms with E-state index in [0.717, 1.165) is 10.0 Å². The molecule has 1 N–H and O–H groups in total. The first kappa shape index (κ1) is 17.7. The van der Waals surface area contributed by atoms with E-state index in [1.54, 1.807) is 50.6 Å². The third kappa shape index (κ3) is 4.93. The Hall–Kier alpha value is -2.65. The summed E-state index contributed by atoms with van der Waals surface area (Å²) in [6.07, 6.45) is 3.11. The van der Waals surface area contributed by atoms with Gasteiger partial charge in [-0.25, -0.2) is 0 Å². The van der Waals surface area contributed by atoms with Crippen LogP contribution in [0.3, 0.4) is 0 Å². The van der Waals surface area contributed by atoms with Gasteiger partial charge in [0.25, 0.3) is 11.8 Å². The SMILES string of the molecule is CN(C)C(=O)c1ccc(C#CCNC(=O)c2cncc(Br)c2)cc1. The molecule has 1 heterocycles. The summed E-state index contributed by atoms with van der Waals surface area (Å²) in [6.45, 7) is 0.226. The van der Waals surface area contributed by atoms with Gasteiger partial charge in [0, 0.05) is 42.1 Å². The standard InChI is InChI=1S/C18H16BrN3O2/c1-22(2)18(24)14-7-5-13(6-8-14)4-3-9-21-17(23)15-10-16(19)12-20-11-15/h5-8,10-12H,9H2,1-2H3,(H,21,23). The minimum absolute atomic E-state index is 0.0515. The first-order chi connectivity index (χ1) is 11.5. The van der Waals surface area contributed by atoms with Crippen molar-refractivity contribution in [3.8, 4) is 11.8 Å². The zero-order valence-corrected chi connectivity index (χ0v) is 14.9. The van der Waals surface area contributed by atoms with Crippen molar-refractivity contribution < 1.29 is 9.59 Å². The Labute approximate surface area is 149 Å². The van der Waals surface area contributed by atoms with Crippen molar-refractivity contribution in [2.45, 2.75) is 0 Å². The van der Waals surface area contributed by atoms with Crippen molar-refractivity contribution >= 4 is 27.7 Å². The number of hydrogen-bond donors (Lipinski definition) is 1. The van der Waals surface area contributed by atoms with Gasteiger partial charge < -0.3 is 10.2 Å². The first-order valence-electron chi connectivity index (χ1n) is 7.16. The van der Waals surface area contributed by atoms with Gasteiger partial charge in [-0.15, -0.1) is 0 Å². The van der Waals surface area contributed by atoms with Crippen LogP contribution in [0.4, 0.5) is 0 Å². The molecule has 1 aromatic heterocycles. The number of pyridine rings is 1. The van der Waals surface area contributed by atoms with Crippen molar-refractivity contribution in [3.05, 3.63) is 63.9 Å². The highest BCUT2D eigenvalue weighted by Gasteiger charge is 2.06. The Bertz CT molecular complexity index is 805. The minimum Gasteiger partial charge on any atom is -0.345 e. The normalized spacial score (nSPS) is 9.62. The Balaban J connectivity index is 1.91. The molecule has 0 unspecified atom stereocenters. The fourth-order valence-electron chi connectivity index (χ4n) is 1.86. The number of aromatic nitrogens is 1. The molecule has 0 radical (unpaired) electrons. The van der Waals surface area contributed by atoms with Crippen LogP contribution in [-0.4, -0.2) is 42.3 Å². The van der Waals surface area contributed by atoms with Crippen molar-refractivity contribution in [3.63, 3.8) is 0 Å². The van der Waals surface area contributed by atoms with E-state index in [2.05, 4.69) is 38.1 Å². The molecule has 0 spiro atoms. The summed E-state index contributed by atoms with van der Waals surface area (Å²) in [7, 11) is 3.42. The van der Waals surface area contributed by atoms with E-state index in [9.17, 15) is 9.59 Å². The van der Waals surface area contributed by atoms with E-state index >= 15 is 0 Å². The number of carbonyl (C=O) groups is 2. The van der Waals surface area contributed by atoms with E-state index in [1.165, 1.54) is 11.1 Å². The Morgan fingerprint density at radius 2 is 1.88 bits per heavy atom. The highest BCUT2D eigenvalue weighted by molar-refractivity contribution is 9.10. The van der Waals surface area contributed by atoms with Crippen LogP contribution in [0.5, 0.6) is 0 Å². The maximum Gasteiger partial charge on any atom is 0.253 e. The van der Waals surface area contributed by atoms with Crippen molar-refractivity contribution in [2.75, 3.05) is 20.6 Å². The van der Waals surface area contributed by atoms with E-state index in [1.807, 2.05) is 0 Å². The molecule has 0 fully saturated rings. The highest BCUT2D eigenvalue weighted by Crippen LogP contribution is 2.09.